The molecule has 78 valence electrons. The summed E-state index contributed by atoms with van der Waals surface area (Å²) in [6, 6.07) is 2.15. The van der Waals surface area contributed by atoms with Crippen LogP contribution >= 0.6 is 0 Å². The molecule has 2 unspecified atom stereocenters. The highest BCUT2D eigenvalue weighted by atomic mass is 16.5. The summed E-state index contributed by atoms with van der Waals surface area (Å²) >= 11 is 0. The zero-order chi connectivity index (χ0) is 10.4. The van der Waals surface area contributed by atoms with Gasteiger partial charge in [0.2, 0.25) is 0 Å². The molecule has 0 radical (unpaired) electrons. The van der Waals surface area contributed by atoms with Crippen molar-refractivity contribution < 1.29 is 9.47 Å². The Bertz CT molecular complexity index is 249. The number of hydrogen-bond donors (Lipinski definition) is 0. The topological polar surface area (TPSA) is 67.0 Å². The van der Waals surface area contributed by atoms with E-state index in [4.69, 9.17) is 14.7 Å². The Morgan fingerprint density at radius 2 is 2.14 bits per heavy atom. The Morgan fingerprint density at radius 1 is 1.43 bits per heavy atom. The number of rotatable bonds is 0. The van der Waals surface area contributed by atoms with Crippen LogP contribution < -0.4 is 0 Å². The van der Waals surface area contributed by atoms with E-state index in [-0.39, 0.29) is 19.4 Å². The molecule has 0 aromatic carbocycles. The third-order valence-electron chi connectivity index (χ3n) is 2.07. The fourth-order valence-electron chi connectivity index (χ4n) is 1.41. The largest absolute Gasteiger partial charge is 0.357 e. The highest BCUT2D eigenvalue weighted by molar-refractivity contribution is 4.99. The normalized spacial score (nSPS) is 37.1. The van der Waals surface area contributed by atoms with Gasteiger partial charge in [-0.2, -0.15) is 15.5 Å². The lowest BCUT2D eigenvalue weighted by atomic mass is 9.95. The minimum atomic E-state index is -0.779. The quantitative estimate of drug-likeness (QED) is 0.593. The smallest absolute Gasteiger partial charge is 0.160 e. The molecule has 0 aromatic heterocycles. The number of ether oxygens (including phenoxy) is 2. The van der Waals surface area contributed by atoms with Gasteiger partial charge in [0.25, 0.3) is 0 Å². The van der Waals surface area contributed by atoms with Gasteiger partial charge in [0.15, 0.2) is 19.1 Å². The molecule has 0 amide bonds. The molecule has 0 spiro atoms. The average Bonchev–Trinajstić information content (AvgIpc) is 2.16. The van der Waals surface area contributed by atoms with Crippen LogP contribution in [0.5, 0.6) is 0 Å². The van der Waals surface area contributed by atoms with Crippen molar-refractivity contribution in [1.82, 2.24) is 0 Å². The van der Waals surface area contributed by atoms with Crippen LogP contribution in [-0.2, 0) is 9.47 Å². The predicted molar refractivity (Wildman–Crippen MR) is 49.4 cm³/mol. The van der Waals surface area contributed by atoms with E-state index in [9.17, 15) is 0 Å². The van der Waals surface area contributed by atoms with Crippen LogP contribution in [0.25, 0.3) is 0 Å². The van der Waals surface area contributed by atoms with Gasteiger partial charge in [0.1, 0.15) is 0 Å². The first-order valence-electron chi connectivity index (χ1n) is 4.62. The molecule has 0 fully saturated rings. The van der Waals surface area contributed by atoms with Crippen molar-refractivity contribution in [3.05, 3.63) is 0 Å². The molecule has 1 heterocycles. The zero-order valence-electron chi connectivity index (χ0n) is 8.56. The van der Waals surface area contributed by atoms with E-state index in [1.54, 1.807) is 6.92 Å². The van der Waals surface area contributed by atoms with Gasteiger partial charge in [0, 0.05) is 0 Å². The molecule has 0 N–H and O–H groups in total. The first-order valence-corrected chi connectivity index (χ1v) is 4.62. The fourth-order valence-corrected chi connectivity index (χ4v) is 1.41. The highest BCUT2D eigenvalue weighted by Crippen LogP contribution is 2.21. The predicted octanol–water partition coefficient (Wildman–Crippen LogP) is 1.71. The van der Waals surface area contributed by atoms with E-state index < -0.39 is 5.60 Å². The minimum absolute atomic E-state index is 0.125. The summed E-state index contributed by atoms with van der Waals surface area (Å²) in [7, 11) is 0. The molecule has 5 heteroatoms. The maximum atomic E-state index is 8.96. The van der Waals surface area contributed by atoms with Crippen molar-refractivity contribution in [2.24, 2.45) is 16.1 Å². The maximum Gasteiger partial charge on any atom is 0.160 e. The van der Waals surface area contributed by atoms with Crippen LogP contribution in [0.2, 0.25) is 0 Å². The monoisotopic (exact) mass is 197 g/mol. The van der Waals surface area contributed by atoms with Crippen molar-refractivity contribution in [3.8, 4) is 6.07 Å². The maximum absolute atomic E-state index is 8.96. The molecule has 0 saturated heterocycles. The summed E-state index contributed by atoms with van der Waals surface area (Å²) < 4.78 is 10.6. The van der Waals surface area contributed by atoms with E-state index in [1.165, 1.54) is 0 Å². The second-order valence-corrected chi connectivity index (χ2v) is 3.71. The Hall–Kier alpha value is -0.990. The molecule has 1 aliphatic rings. The van der Waals surface area contributed by atoms with Gasteiger partial charge in [-0.1, -0.05) is 6.92 Å². The lowest BCUT2D eigenvalue weighted by molar-refractivity contribution is -0.0216. The van der Waals surface area contributed by atoms with Crippen molar-refractivity contribution in [2.45, 2.75) is 25.9 Å². The molecule has 1 rings (SSSR count). The Balaban J connectivity index is 2.62. The molecule has 0 aliphatic carbocycles. The number of hydrogen-bond acceptors (Lipinski definition) is 5. The van der Waals surface area contributed by atoms with E-state index >= 15 is 0 Å². The summed E-state index contributed by atoms with van der Waals surface area (Å²) in [5, 5.41) is 16.4. The molecular weight excluding hydrogens is 182 g/mol. The van der Waals surface area contributed by atoms with Crippen LogP contribution in [0.1, 0.15) is 20.3 Å². The molecule has 0 bridgehead atoms. The van der Waals surface area contributed by atoms with Gasteiger partial charge < -0.3 is 9.47 Å². The number of nitrogens with zero attached hydrogens (tertiary/aromatic N) is 3. The lowest BCUT2D eigenvalue weighted by Gasteiger charge is -2.25. The SMILES string of the molecule is CC1COC/N=N\COC(C)(C#N)C1. The summed E-state index contributed by atoms with van der Waals surface area (Å²) in [4.78, 5) is 0. The van der Waals surface area contributed by atoms with Crippen LogP contribution in [-0.4, -0.2) is 25.7 Å². The van der Waals surface area contributed by atoms with E-state index in [0.717, 1.165) is 0 Å². The van der Waals surface area contributed by atoms with E-state index in [2.05, 4.69) is 16.3 Å². The van der Waals surface area contributed by atoms with Gasteiger partial charge in [-0.3, -0.25) is 0 Å². The van der Waals surface area contributed by atoms with E-state index in [1.807, 2.05) is 6.92 Å². The Labute approximate surface area is 83.7 Å². The van der Waals surface area contributed by atoms with Crippen LogP contribution in [0.3, 0.4) is 0 Å². The van der Waals surface area contributed by atoms with Gasteiger partial charge in [-0.15, -0.1) is 0 Å². The zero-order valence-corrected chi connectivity index (χ0v) is 8.56. The van der Waals surface area contributed by atoms with Gasteiger partial charge >= 0.3 is 0 Å². The molecule has 1 aliphatic heterocycles. The minimum Gasteiger partial charge on any atom is -0.357 e. The van der Waals surface area contributed by atoms with Crippen LogP contribution in [0.15, 0.2) is 10.2 Å². The molecule has 0 saturated carbocycles. The number of nitriles is 1. The first-order chi connectivity index (χ1) is 6.66. The summed E-state index contributed by atoms with van der Waals surface area (Å²) in [6.07, 6.45) is 0.652. The third-order valence-corrected chi connectivity index (χ3v) is 2.07. The second kappa shape index (κ2) is 5.03. The molecule has 14 heavy (non-hydrogen) atoms. The highest BCUT2D eigenvalue weighted by Gasteiger charge is 2.27. The van der Waals surface area contributed by atoms with Crippen molar-refractivity contribution in [3.63, 3.8) is 0 Å². The summed E-state index contributed by atoms with van der Waals surface area (Å²) in [6.45, 7) is 4.77. The summed E-state index contributed by atoms with van der Waals surface area (Å²) in [5.41, 5.74) is -0.779. The summed E-state index contributed by atoms with van der Waals surface area (Å²) in [5.74, 6) is 0.285. The standard InChI is InChI=1S/C9H15N3O2/c1-8-3-9(2,5-10)14-7-12-11-6-13-4-8/h8H,3-4,6-7H2,1-2H3/b12-11-. The fraction of sp³-hybridized carbons (Fsp3) is 0.889. The Morgan fingerprint density at radius 3 is 2.86 bits per heavy atom. The average molecular weight is 197 g/mol. The molecule has 0 aromatic rings. The first kappa shape index (κ1) is 11.1. The second-order valence-electron chi connectivity index (χ2n) is 3.71. The van der Waals surface area contributed by atoms with Gasteiger partial charge in [-0.05, 0) is 19.3 Å². The third kappa shape index (κ3) is 3.40. The van der Waals surface area contributed by atoms with Crippen molar-refractivity contribution >= 4 is 0 Å². The molecular formula is C9H15N3O2. The molecule has 5 nitrogen and oxygen atoms in total. The molecule has 2 atom stereocenters. The van der Waals surface area contributed by atoms with Crippen LogP contribution in [0.4, 0.5) is 0 Å². The van der Waals surface area contributed by atoms with Crippen molar-refractivity contribution in [1.29, 1.82) is 5.26 Å². The van der Waals surface area contributed by atoms with Crippen molar-refractivity contribution in [2.75, 3.05) is 20.1 Å². The Kier molecular flexibility index (Phi) is 3.98. The lowest BCUT2D eigenvalue weighted by Crippen LogP contribution is -2.31. The van der Waals surface area contributed by atoms with E-state index in [0.29, 0.717) is 13.0 Å². The van der Waals surface area contributed by atoms with Gasteiger partial charge in [0.05, 0.1) is 12.7 Å². The number of azo groups is 1. The van der Waals surface area contributed by atoms with Crippen LogP contribution in [0, 0.1) is 17.2 Å². The van der Waals surface area contributed by atoms with Gasteiger partial charge in [-0.25, -0.2) is 0 Å².